The fourth-order valence-electron chi connectivity index (χ4n) is 3.68. The van der Waals surface area contributed by atoms with Crippen molar-refractivity contribution in [3.63, 3.8) is 0 Å². The van der Waals surface area contributed by atoms with Gasteiger partial charge in [0, 0.05) is 22.6 Å². The topological polar surface area (TPSA) is 43.6 Å². The van der Waals surface area contributed by atoms with Crippen LogP contribution in [0.2, 0.25) is 5.02 Å². The third-order valence-corrected chi connectivity index (χ3v) is 5.39. The molecule has 1 N–H and O–H groups in total. The second-order valence-corrected chi connectivity index (χ2v) is 7.10. The summed E-state index contributed by atoms with van der Waals surface area (Å²) in [6.07, 6.45) is 2.11. The Morgan fingerprint density at radius 2 is 2.04 bits per heavy atom. The van der Waals surface area contributed by atoms with Crippen molar-refractivity contribution >= 4 is 22.6 Å². The minimum Gasteiger partial charge on any atom is -0.493 e. The molecule has 2 heterocycles. The number of halogens is 2. The van der Waals surface area contributed by atoms with Crippen molar-refractivity contribution in [1.29, 1.82) is 0 Å². The van der Waals surface area contributed by atoms with Crippen molar-refractivity contribution in [3.05, 3.63) is 58.6 Å². The Morgan fingerprint density at radius 3 is 2.81 bits per heavy atom. The summed E-state index contributed by atoms with van der Waals surface area (Å²) in [6, 6.07) is 10.1. The van der Waals surface area contributed by atoms with Crippen LogP contribution in [0.1, 0.15) is 29.9 Å². The number of ether oxygens (including phenoxy) is 2. The third kappa shape index (κ3) is 3.62. The van der Waals surface area contributed by atoms with Crippen LogP contribution in [0.25, 0.3) is 11.0 Å². The number of hydrogen-bond donors (Lipinski definition) is 1. The summed E-state index contributed by atoms with van der Waals surface area (Å²) >= 11 is 6.14. The standard InChI is InChI=1S/C21H21ClFNO3/c1-25-18-4-2-3-15(13-7-9-24-10-8-13)21(18)26-12-14-5-6-17(22)16-11-19(23)27-20(14)16/h2-6,11,13,24H,7-10,12H2,1H3. The number of hydrogen-bond acceptors (Lipinski definition) is 4. The van der Waals surface area contributed by atoms with Crippen LogP contribution >= 0.6 is 11.6 Å². The van der Waals surface area contributed by atoms with E-state index in [-0.39, 0.29) is 6.61 Å². The molecule has 0 amide bonds. The number of methoxy groups -OCH3 is 1. The fraction of sp³-hybridized carbons (Fsp3) is 0.333. The molecule has 4 nitrogen and oxygen atoms in total. The van der Waals surface area contributed by atoms with Crippen molar-refractivity contribution in [2.75, 3.05) is 20.2 Å². The van der Waals surface area contributed by atoms with Gasteiger partial charge < -0.3 is 19.2 Å². The van der Waals surface area contributed by atoms with Crippen LogP contribution in [-0.4, -0.2) is 20.2 Å². The molecule has 1 fully saturated rings. The molecule has 0 spiro atoms. The lowest BCUT2D eigenvalue weighted by Gasteiger charge is -2.26. The summed E-state index contributed by atoms with van der Waals surface area (Å²) in [6.45, 7) is 2.22. The van der Waals surface area contributed by atoms with Crippen molar-refractivity contribution in [2.45, 2.75) is 25.4 Å². The van der Waals surface area contributed by atoms with E-state index in [1.54, 1.807) is 19.2 Å². The molecule has 2 aromatic carbocycles. The zero-order valence-electron chi connectivity index (χ0n) is 15.1. The van der Waals surface area contributed by atoms with Crippen LogP contribution in [-0.2, 0) is 6.61 Å². The maximum absolute atomic E-state index is 13.6. The van der Waals surface area contributed by atoms with E-state index in [2.05, 4.69) is 11.4 Å². The summed E-state index contributed by atoms with van der Waals surface area (Å²) in [7, 11) is 1.64. The molecule has 3 aromatic rings. The van der Waals surface area contributed by atoms with Crippen molar-refractivity contribution in [1.82, 2.24) is 5.32 Å². The predicted molar refractivity (Wildman–Crippen MR) is 103 cm³/mol. The lowest BCUT2D eigenvalue weighted by molar-refractivity contribution is 0.276. The van der Waals surface area contributed by atoms with Gasteiger partial charge in [-0.15, -0.1) is 0 Å². The van der Waals surface area contributed by atoms with E-state index in [9.17, 15) is 4.39 Å². The van der Waals surface area contributed by atoms with E-state index >= 15 is 0 Å². The van der Waals surface area contributed by atoms with E-state index in [1.165, 1.54) is 6.07 Å². The van der Waals surface area contributed by atoms with Crippen molar-refractivity contribution in [2.24, 2.45) is 0 Å². The molecule has 6 heteroatoms. The number of benzene rings is 2. The molecule has 27 heavy (non-hydrogen) atoms. The summed E-state index contributed by atoms with van der Waals surface area (Å²) in [4.78, 5) is 0. The van der Waals surface area contributed by atoms with Crippen LogP contribution in [0.15, 0.2) is 40.8 Å². The minimum atomic E-state index is -0.660. The van der Waals surface area contributed by atoms with Crippen LogP contribution in [0.4, 0.5) is 4.39 Å². The van der Waals surface area contributed by atoms with Gasteiger partial charge in [0.1, 0.15) is 12.2 Å². The number of para-hydroxylation sites is 1. The predicted octanol–water partition coefficient (Wildman–Crippen LogP) is 5.28. The molecule has 0 bridgehead atoms. The van der Waals surface area contributed by atoms with E-state index < -0.39 is 6.01 Å². The van der Waals surface area contributed by atoms with Gasteiger partial charge in [-0.2, -0.15) is 4.39 Å². The largest absolute Gasteiger partial charge is 0.493 e. The first kappa shape index (κ1) is 18.1. The van der Waals surface area contributed by atoms with Crippen molar-refractivity contribution in [3.8, 4) is 11.5 Å². The van der Waals surface area contributed by atoms with Gasteiger partial charge in [0.25, 0.3) is 6.01 Å². The first-order chi connectivity index (χ1) is 13.2. The normalized spacial score (nSPS) is 15.2. The van der Waals surface area contributed by atoms with E-state index in [4.69, 9.17) is 25.5 Å². The first-order valence-electron chi connectivity index (χ1n) is 9.04. The monoisotopic (exact) mass is 389 g/mol. The molecule has 0 saturated carbocycles. The molecule has 1 aromatic heterocycles. The van der Waals surface area contributed by atoms with E-state index in [1.807, 2.05) is 12.1 Å². The molecule has 0 aliphatic carbocycles. The Hall–Kier alpha value is -2.24. The van der Waals surface area contributed by atoms with E-state index in [0.717, 1.165) is 42.8 Å². The second-order valence-electron chi connectivity index (χ2n) is 6.69. The minimum absolute atomic E-state index is 0.235. The third-order valence-electron chi connectivity index (χ3n) is 5.06. The summed E-state index contributed by atoms with van der Waals surface area (Å²) in [5, 5.41) is 4.39. The number of piperidine rings is 1. The Bertz CT molecular complexity index is 950. The molecule has 0 unspecified atom stereocenters. The van der Waals surface area contributed by atoms with Crippen LogP contribution < -0.4 is 14.8 Å². The number of furan rings is 1. The molecular weight excluding hydrogens is 369 g/mol. The van der Waals surface area contributed by atoms with Crippen LogP contribution in [0, 0.1) is 6.01 Å². The Balaban J connectivity index is 1.66. The van der Waals surface area contributed by atoms with Gasteiger partial charge in [-0.3, -0.25) is 0 Å². The summed E-state index contributed by atoms with van der Waals surface area (Å²) < 4.78 is 30.5. The Kier molecular flexibility index (Phi) is 5.23. The lowest BCUT2D eigenvalue weighted by atomic mass is 9.89. The smallest absolute Gasteiger partial charge is 0.278 e. The van der Waals surface area contributed by atoms with Gasteiger partial charge in [-0.1, -0.05) is 29.8 Å². The molecule has 0 atom stereocenters. The molecular formula is C21H21ClFNO3. The number of rotatable bonds is 5. The maximum atomic E-state index is 13.6. The van der Waals surface area contributed by atoms with Gasteiger partial charge in [0.2, 0.25) is 0 Å². The molecule has 4 rings (SSSR count). The van der Waals surface area contributed by atoms with Crippen molar-refractivity contribution < 1.29 is 18.3 Å². The number of fused-ring (bicyclic) bond motifs is 1. The fourth-order valence-corrected chi connectivity index (χ4v) is 3.89. The van der Waals surface area contributed by atoms with Crippen LogP contribution in [0.5, 0.6) is 11.5 Å². The average molecular weight is 390 g/mol. The van der Waals surface area contributed by atoms with Gasteiger partial charge >= 0.3 is 0 Å². The van der Waals surface area contributed by atoms with Gasteiger partial charge in [0.05, 0.1) is 12.1 Å². The highest BCUT2D eigenvalue weighted by Gasteiger charge is 2.22. The van der Waals surface area contributed by atoms with Gasteiger partial charge in [0.15, 0.2) is 11.5 Å². The zero-order chi connectivity index (χ0) is 18.8. The zero-order valence-corrected chi connectivity index (χ0v) is 15.8. The van der Waals surface area contributed by atoms with Crippen LogP contribution in [0.3, 0.4) is 0 Å². The molecule has 1 aliphatic rings. The molecule has 142 valence electrons. The highest BCUT2D eigenvalue weighted by molar-refractivity contribution is 6.35. The Labute approximate surface area is 162 Å². The average Bonchev–Trinajstić information content (AvgIpc) is 3.10. The SMILES string of the molecule is COc1cccc(C2CCNCC2)c1OCc1ccc(Cl)c2cc(F)oc12. The highest BCUT2D eigenvalue weighted by Crippen LogP contribution is 2.40. The molecule has 1 saturated heterocycles. The lowest BCUT2D eigenvalue weighted by Crippen LogP contribution is -2.26. The molecule has 0 radical (unpaired) electrons. The Morgan fingerprint density at radius 1 is 1.22 bits per heavy atom. The first-order valence-corrected chi connectivity index (χ1v) is 9.42. The summed E-state index contributed by atoms with van der Waals surface area (Å²) in [5.41, 5.74) is 2.30. The quantitative estimate of drug-likeness (QED) is 0.644. The molecule has 1 aliphatic heterocycles. The summed E-state index contributed by atoms with van der Waals surface area (Å²) in [5.74, 6) is 1.85. The maximum Gasteiger partial charge on any atom is 0.278 e. The van der Waals surface area contributed by atoms with Gasteiger partial charge in [-0.05, 0) is 44.0 Å². The van der Waals surface area contributed by atoms with E-state index in [0.29, 0.717) is 27.7 Å². The van der Waals surface area contributed by atoms with Gasteiger partial charge in [-0.25, -0.2) is 0 Å². The number of nitrogens with one attached hydrogen (secondary N) is 1. The highest BCUT2D eigenvalue weighted by atomic mass is 35.5. The second kappa shape index (κ2) is 7.79.